The Kier molecular flexibility index (Phi) is 7.41. The number of H-pyrrole nitrogens is 1. The first kappa shape index (κ1) is 28.6. The van der Waals surface area contributed by atoms with Crippen molar-refractivity contribution in [3.63, 3.8) is 0 Å². The lowest BCUT2D eigenvalue weighted by atomic mass is 9.99. The molecule has 0 radical (unpaired) electrons. The summed E-state index contributed by atoms with van der Waals surface area (Å²) in [4.78, 5) is 31.7. The van der Waals surface area contributed by atoms with Crippen molar-refractivity contribution in [2.75, 3.05) is 55.7 Å². The predicted molar refractivity (Wildman–Crippen MR) is 169 cm³/mol. The number of aromatic amines is 1. The fourth-order valence-corrected chi connectivity index (χ4v) is 7.44. The fraction of sp³-hybridized carbons (Fsp3) is 0.545. The van der Waals surface area contributed by atoms with Gasteiger partial charge in [0.2, 0.25) is 5.91 Å². The van der Waals surface area contributed by atoms with Crippen LogP contribution in [-0.2, 0) is 17.8 Å². The predicted octanol–water partition coefficient (Wildman–Crippen LogP) is 3.66. The zero-order chi connectivity index (χ0) is 30.4. The van der Waals surface area contributed by atoms with Crippen molar-refractivity contribution in [2.24, 2.45) is 0 Å². The minimum absolute atomic E-state index is 0.113. The van der Waals surface area contributed by atoms with E-state index in [0.717, 1.165) is 66.9 Å². The molecule has 2 aromatic heterocycles. The molecule has 7 rings (SSSR count). The van der Waals surface area contributed by atoms with E-state index < -0.39 is 0 Å². The third kappa shape index (κ3) is 5.05. The Morgan fingerprint density at radius 2 is 2.00 bits per heavy atom. The van der Waals surface area contributed by atoms with Gasteiger partial charge in [-0.25, -0.2) is 0 Å². The van der Waals surface area contributed by atoms with Gasteiger partial charge in [-0.15, -0.1) is 0 Å². The quantitative estimate of drug-likeness (QED) is 0.390. The molecule has 44 heavy (non-hydrogen) atoms. The summed E-state index contributed by atoms with van der Waals surface area (Å²) in [6.45, 7) is 14.0. The molecule has 3 aromatic rings. The Bertz CT molecular complexity index is 1630. The molecule has 1 atom stereocenters. The molecule has 1 amide bonds. The Morgan fingerprint density at radius 3 is 2.75 bits per heavy atom. The van der Waals surface area contributed by atoms with Crippen LogP contribution >= 0.6 is 0 Å². The summed E-state index contributed by atoms with van der Waals surface area (Å²) >= 11 is 0. The van der Waals surface area contributed by atoms with E-state index in [2.05, 4.69) is 57.5 Å². The van der Waals surface area contributed by atoms with Crippen molar-refractivity contribution in [1.82, 2.24) is 30.0 Å². The van der Waals surface area contributed by atoms with Crippen molar-refractivity contribution < 1.29 is 9.53 Å². The molecule has 5 heterocycles. The molecule has 1 aliphatic carbocycles. The van der Waals surface area contributed by atoms with Crippen molar-refractivity contribution in [3.05, 3.63) is 47.3 Å². The molecule has 1 aromatic carbocycles. The van der Waals surface area contributed by atoms with Crippen LogP contribution in [0.3, 0.4) is 0 Å². The number of anilines is 2. The van der Waals surface area contributed by atoms with Crippen molar-refractivity contribution in [2.45, 2.75) is 70.5 Å². The summed E-state index contributed by atoms with van der Waals surface area (Å²) < 4.78 is 6.48. The molecular weight excluding hydrogens is 554 g/mol. The SMILES string of the molecule is C=CC(=O)N1CCN(c2nc(OCC3(N4CCCC4)CC3)nc3c2CCN(c2c(C)c(C)cc4[nH]ncc24)C3)C[C@@H]1CC#N. The van der Waals surface area contributed by atoms with Crippen LogP contribution in [0.1, 0.15) is 54.5 Å². The highest BCUT2D eigenvalue weighted by molar-refractivity contribution is 5.94. The van der Waals surface area contributed by atoms with Crippen molar-refractivity contribution in [3.8, 4) is 12.1 Å². The topological polar surface area (TPSA) is 118 Å². The smallest absolute Gasteiger partial charge is 0.318 e. The van der Waals surface area contributed by atoms with E-state index in [1.165, 1.54) is 35.7 Å². The average Bonchev–Trinajstić information content (AvgIpc) is 3.37. The van der Waals surface area contributed by atoms with Gasteiger partial charge in [0.05, 0.1) is 53.7 Å². The van der Waals surface area contributed by atoms with E-state index in [1.807, 2.05) is 6.20 Å². The van der Waals surface area contributed by atoms with Crippen LogP contribution in [0.5, 0.6) is 6.01 Å². The third-order valence-electron chi connectivity index (χ3n) is 10.2. The number of aromatic nitrogens is 4. The molecular formula is C33H41N9O2. The van der Waals surface area contributed by atoms with Crippen molar-refractivity contribution >= 4 is 28.3 Å². The van der Waals surface area contributed by atoms with Crippen LogP contribution in [0.4, 0.5) is 11.5 Å². The summed E-state index contributed by atoms with van der Waals surface area (Å²) in [5.74, 6) is 0.740. The van der Waals surface area contributed by atoms with Gasteiger partial charge >= 0.3 is 6.01 Å². The van der Waals surface area contributed by atoms with E-state index >= 15 is 0 Å². The zero-order valence-electron chi connectivity index (χ0n) is 25.8. The lowest BCUT2D eigenvalue weighted by Gasteiger charge is -2.42. The first-order valence-corrected chi connectivity index (χ1v) is 15.9. The summed E-state index contributed by atoms with van der Waals surface area (Å²) in [7, 11) is 0. The highest BCUT2D eigenvalue weighted by Gasteiger charge is 2.49. The second-order valence-corrected chi connectivity index (χ2v) is 12.8. The highest BCUT2D eigenvalue weighted by atomic mass is 16.5. The molecule has 11 nitrogen and oxygen atoms in total. The monoisotopic (exact) mass is 595 g/mol. The minimum Gasteiger partial charge on any atom is -0.461 e. The minimum atomic E-state index is -0.233. The van der Waals surface area contributed by atoms with Gasteiger partial charge in [-0.2, -0.15) is 20.3 Å². The Hall–Kier alpha value is -4.17. The first-order valence-electron chi connectivity index (χ1n) is 15.9. The van der Waals surface area contributed by atoms with Crippen molar-refractivity contribution in [1.29, 1.82) is 5.26 Å². The molecule has 11 heteroatoms. The maximum atomic E-state index is 12.6. The number of amides is 1. The number of carbonyl (C=O) groups excluding carboxylic acids is 1. The maximum absolute atomic E-state index is 12.6. The van der Waals surface area contributed by atoms with Gasteiger partial charge in [-0.1, -0.05) is 6.58 Å². The van der Waals surface area contributed by atoms with Crippen LogP contribution in [-0.4, -0.2) is 93.3 Å². The summed E-state index contributed by atoms with van der Waals surface area (Å²) in [5, 5.41) is 18.2. The van der Waals surface area contributed by atoms with Crippen LogP contribution in [0, 0.1) is 25.2 Å². The number of nitrogens with zero attached hydrogens (tertiary/aromatic N) is 8. The second kappa shape index (κ2) is 11.4. The lowest BCUT2D eigenvalue weighted by Crippen LogP contribution is -2.55. The van der Waals surface area contributed by atoms with Gasteiger partial charge in [0.25, 0.3) is 0 Å². The summed E-state index contributed by atoms with van der Waals surface area (Å²) in [6.07, 6.45) is 9.11. The van der Waals surface area contributed by atoms with E-state index in [-0.39, 0.29) is 23.9 Å². The average molecular weight is 596 g/mol. The number of hydrogen-bond acceptors (Lipinski definition) is 9. The number of fused-ring (bicyclic) bond motifs is 2. The van der Waals surface area contributed by atoms with E-state index in [9.17, 15) is 10.1 Å². The molecule has 0 spiro atoms. The molecule has 1 saturated carbocycles. The molecule has 230 valence electrons. The van der Waals surface area contributed by atoms with Gasteiger partial charge in [-0.05, 0) is 82.3 Å². The van der Waals surface area contributed by atoms with Crippen LogP contribution < -0.4 is 14.5 Å². The number of hydrogen-bond donors (Lipinski definition) is 1. The number of piperazine rings is 1. The lowest BCUT2D eigenvalue weighted by molar-refractivity contribution is -0.128. The Morgan fingerprint density at radius 1 is 1.18 bits per heavy atom. The normalized spacial score (nSPS) is 21.3. The van der Waals surface area contributed by atoms with Gasteiger partial charge < -0.3 is 19.4 Å². The van der Waals surface area contributed by atoms with E-state index in [1.54, 1.807) is 4.90 Å². The van der Waals surface area contributed by atoms with Gasteiger partial charge in [0, 0.05) is 37.1 Å². The fourth-order valence-electron chi connectivity index (χ4n) is 7.44. The number of ether oxygens (including phenoxy) is 1. The largest absolute Gasteiger partial charge is 0.461 e. The van der Waals surface area contributed by atoms with Crippen LogP contribution in [0.25, 0.3) is 10.9 Å². The van der Waals surface area contributed by atoms with Gasteiger partial charge in [0.15, 0.2) is 0 Å². The number of benzene rings is 1. The van der Waals surface area contributed by atoms with Crippen LogP contribution in [0.2, 0.25) is 0 Å². The number of nitrogens with one attached hydrogen (secondary N) is 1. The molecule has 1 N–H and O–H groups in total. The second-order valence-electron chi connectivity index (χ2n) is 12.8. The molecule has 4 aliphatic rings. The summed E-state index contributed by atoms with van der Waals surface area (Å²) in [6, 6.07) is 4.62. The maximum Gasteiger partial charge on any atom is 0.318 e. The van der Waals surface area contributed by atoms with Gasteiger partial charge in [0.1, 0.15) is 12.4 Å². The molecule has 0 unspecified atom stereocenters. The Labute approximate surface area is 258 Å². The first-order chi connectivity index (χ1) is 21.4. The number of carbonyl (C=O) groups is 1. The van der Waals surface area contributed by atoms with Crippen LogP contribution in [0.15, 0.2) is 24.9 Å². The van der Waals surface area contributed by atoms with E-state index in [0.29, 0.717) is 38.8 Å². The molecule has 3 fully saturated rings. The van der Waals surface area contributed by atoms with Gasteiger partial charge in [-0.3, -0.25) is 14.8 Å². The molecule has 0 bridgehead atoms. The van der Waals surface area contributed by atoms with E-state index in [4.69, 9.17) is 14.7 Å². The molecule has 3 aliphatic heterocycles. The molecule has 2 saturated heterocycles. The Balaban J connectivity index is 1.23. The third-order valence-corrected chi connectivity index (χ3v) is 10.2. The number of likely N-dealkylation sites (tertiary alicyclic amines) is 1. The number of nitriles is 1. The summed E-state index contributed by atoms with van der Waals surface area (Å²) in [5.41, 5.74) is 6.91. The standard InChI is InChI=1S/C33H41N9O2/c1-4-29(43)42-16-15-40(19-24(42)7-11-34)31-25-8-14-39(30-23(3)22(2)17-27-26(30)18-35-38-27)20-28(25)36-32(37-31)44-21-33(9-10-33)41-12-5-6-13-41/h4,17-18,24H,1,5-10,12-16,19-21H2,2-3H3,(H,35,38)/t24-/m0/s1. The number of rotatable bonds is 8. The number of aryl methyl sites for hydroxylation is 1. The zero-order valence-corrected chi connectivity index (χ0v) is 25.8. The highest BCUT2D eigenvalue weighted by Crippen LogP contribution is 2.44.